The molecule has 1 atom stereocenters. The Hall–Kier alpha value is -0.0800. The second kappa shape index (κ2) is 7.56. The zero-order valence-corrected chi connectivity index (χ0v) is 9.06. The molecule has 2 heteroatoms. The summed E-state index contributed by atoms with van der Waals surface area (Å²) in [6, 6.07) is 0.622. The Morgan fingerprint density at radius 1 is 1.25 bits per heavy atom. The van der Waals surface area contributed by atoms with Gasteiger partial charge < -0.3 is 10.2 Å². The zero-order chi connectivity index (χ0) is 9.40. The first-order chi connectivity index (χ1) is 5.66. The summed E-state index contributed by atoms with van der Waals surface area (Å²) in [6.07, 6.45) is 3.97. The molecule has 12 heavy (non-hydrogen) atoms. The Morgan fingerprint density at radius 3 is 2.42 bits per heavy atom. The van der Waals surface area contributed by atoms with E-state index in [9.17, 15) is 0 Å². The van der Waals surface area contributed by atoms with Gasteiger partial charge in [-0.25, -0.2) is 0 Å². The van der Waals surface area contributed by atoms with Gasteiger partial charge in [0.1, 0.15) is 0 Å². The number of likely N-dealkylation sites (N-methyl/N-ethyl adjacent to an activating group) is 1. The summed E-state index contributed by atoms with van der Waals surface area (Å²) in [5.41, 5.74) is 0. The molecule has 1 unspecified atom stereocenters. The highest BCUT2D eigenvalue weighted by Gasteiger charge is 2.00. The normalized spacial score (nSPS) is 13.8. The third-order valence-electron chi connectivity index (χ3n) is 1.91. The molecule has 1 N–H and O–H groups in total. The van der Waals surface area contributed by atoms with Crippen LogP contribution in [0.25, 0.3) is 0 Å². The van der Waals surface area contributed by atoms with Gasteiger partial charge in [0.25, 0.3) is 0 Å². The van der Waals surface area contributed by atoms with E-state index in [-0.39, 0.29) is 0 Å². The topological polar surface area (TPSA) is 15.3 Å². The van der Waals surface area contributed by atoms with Crippen molar-refractivity contribution < 1.29 is 0 Å². The van der Waals surface area contributed by atoms with Crippen molar-refractivity contribution in [2.24, 2.45) is 0 Å². The molecule has 0 aliphatic carbocycles. The Balaban J connectivity index is 3.14. The van der Waals surface area contributed by atoms with Crippen LogP contribution in [0.2, 0.25) is 0 Å². The van der Waals surface area contributed by atoms with Crippen LogP contribution in [0.1, 0.15) is 33.1 Å². The van der Waals surface area contributed by atoms with Gasteiger partial charge in [0, 0.05) is 12.6 Å². The van der Waals surface area contributed by atoms with Gasteiger partial charge >= 0.3 is 0 Å². The highest BCUT2D eigenvalue weighted by atomic mass is 15.1. The minimum absolute atomic E-state index is 0.622. The first-order valence-corrected chi connectivity index (χ1v) is 5.05. The summed E-state index contributed by atoms with van der Waals surface area (Å²) in [4.78, 5) is 2.22. The van der Waals surface area contributed by atoms with Gasteiger partial charge in [-0.1, -0.05) is 19.8 Å². The van der Waals surface area contributed by atoms with Gasteiger partial charge in [0.05, 0.1) is 0 Å². The third-order valence-corrected chi connectivity index (χ3v) is 1.91. The van der Waals surface area contributed by atoms with Crippen LogP contribution in [0, 0.1) is 0 Å². The summed E-state index contributed by atoms with van der Waals surface area (Å²) in [7, 11) is 4.23. The van der Waals surface area contributed by atoms with Crippen molar-refractivity contribution in [3.05, 3.63) is 0 Å². The lowest BCUT2D eigenvalue weighted by molar-refractivity contribution is 0.348. The van der Waals surface area contributed by atoms with Crippen molar-refractivity contribution in [2.75, 3.05) is 27.2 Å². The van der Waals surface area contributed by atoms with Crippen molar-refractivity contribution in [3.8, 4) is 0 Å². The van der Waals surface area contributed by atoms with Crippen molar-refractivity contribution in [3.63, 3.8) is 0 Å². The number of nitrogens with one attached hydrogen (secondary N) is 1. The van der Waals surface area contributed by atoms with Gasteiger partial charge in [0.2, 0.25) is 0 Å². The van der Waals surface area contributed by atoms with Crippen LogP contribution in [-0.4, -0.2) is 38.1 Å². The Morgan fingerprint density at radius 2 is 1.92 bits per heavy atom. The molecule has 0 aromatic heterocycles. The molecule has 0 radical (unpaired) electrons. The van der Waals surface area contributed by atoms with E-state index >= 15 is 0 Å². The molecule has 0 aliphatic heterocycles. The molecule has 0 bridgehead atoms. The number of unbranched alkanes of at least 4 members (excludes halogenated alkanes) is 2. The lowest BCUT2D eigenvalue weighted by Crippen LogP contribution is -2.36. The molecule has 0 aromatic carbocycles. The maximum Gasteiger partial charge on any atom is 0.0166 e. The fourth-order valence-electron chi connectivity index (χ4n) is 1.34. The second-order valence-electron chi connectivity index (χ2n) is 3.82. The summed E-state index contributed by atoms with van der Waals surface area (Å²) < 4.78 is 0. The SMILES string of the molecule is CCCCCNC(C)CN(C)C. The number of nitrogens with zero attached hydrogens (tertiary/aromatic N) is 1. The van der Waals surface area contributed by atoms with Crippen LogP contribution in [-0.2, 0) is 0 Å². The maximum atomic E-state index is 3.51. The Kier molecular flexibility index (Phi) is 7.51. The fourth-order valence-corrected chi connectivity index (χ4v) is 1.34. The molecule has 0 heterocycles. The smallest absolute Gasteiger partial charge is 0.0166 e. The van der Waals surface area contributed by atoms with Crippen LogP contribution < -0.4 is 5.32 Å². The molecule has 0 spiro atoms. The monoisotopic (exact) mass is 172 g/mol. The van der Waals surface area contributed by atoms with Crippen LogP contribution in [0.15, 0.2) is 0 Å². The molecule has 74 valence electrons. The number of hydrogen-bond donors (Lipinski definition) is 1. The maximum absolute atomic E-state index is 3.51. The molecule has 2 nitrogen and oxygen atoms in total. The summed E-state index contributed by atoms with van der Waals surface area (Å²) in [5.74, 6) is 0. The minimum atomic E-state index is 0.622. The lowest BCUT2D eigenvalue weighted by Gasteiger charge is -2.18. The lowest BCUT2D eigenvalue weighted by atomic mass is 10.2. The van der Waals surface area contributed by atoms with E-state index in [4.69, 9.17) is 0 Å². The molecule has 0 aromatic rings. The first-order valence-electron chi connectivity index (χ1n) is 5.05. The standard InChI is InChI=1S/C10H24N2/c1-5-6-7-8-11-10(2)9-12(3)4/h10-11H,5-9H2,1-4H3. The molecular weight excluding hydrogens is 148 g/mol. The summed E-state index contributed by atoms with van der Waals surface area (Å²) in [5, 5.41) is 3.51. The molecule has 0 saturated carbocycles. The van der Waals surface area contributed by atoms with Gasteiger partial charge in [-0.05, 0) is 34.0 Å². The van der Waals surface area contributed by atoms with Crippen LogP contribution in [0.3, 0.4) is 0 Å². The van der Waals surface area contributed by atoms with E-state index in [0.717, 1.165) is 6.54 Å². The predicted molar refractivity (Wildman–Crippen MR) is 55.5 cm³/mol. The van der Waals surface area contributed by atoms with E-state index in [0.29, 0.717) is 6.04 Å². The molecule has 0 rings (SSSR count). The highest BCUT2D eigenvalue weighted by molar-refractivity contribution is 4.62. The zero-order valence-electron chi connectivity index (χ0n) is 9.06. The Bertz CT molecular complexity index is 91.8. The highest BCUT2D eigenvalue weighted by Crippen LogP contribution is 1.92. The molecular formula is C10H24N2. The van der Waals surface area contributed by atoms with Crippen molar-refractivity contribution >= 4 is 0 Å². The number of hydrogen-bond acceptors (Lipinski definition) is 2. The van der Waals surface area contributed by atoms with E-state index in [1.807, 2.05) is 0 Å². The first kappa shape index (κ1) is 11.9. The molecule has 0 saturated heterocycles. The van der Waals surface area contributed by atoms with Crippen molar-refractivity contribution in [1.29, 1.82) is 0 Å². The van der Waals surface area contributed by atoms with Crippen LogP contribution >= 0.6 is 0 Å². The average molecular weight is 172 g/mol. The van der Waals surface area contributed by atoms with Gasteiger partial charge in [-0.2, -0.15) is 0 Å². The van der Waals surface area contributed by atoms with Crippen LogP contribution in [0.5, 0.6) is 0 Å². The molecule has 0 aliphatic rings. The van der Waals surface area contributed by atoms with E-state index < -0.39 is 0 Å². The quantitative estimate of drug-likeness (QED) is 0.588. The van der Waals surface area contributed by atoms with Gasteiger partial charge in [-0.3, -0.25) is 0 Å². The van der Waals surface area contributed by atoms with Crippen molar-refractivity contribution in [1.82, 2.24) is 10.2 Å². The van der Waals surface area contributed by atoms with Crippen LogP contribution in [0.4, 0.5) is 0 Å². The van der Waals surface area contributed by atoms with E-state index in [1.165, 1.54) is 25.8 Å². The van der Waals surface area contributed by atoms with E-state index in [2.05, 4.69) is 38.2 Å². The Labute approximate surface area is 77.3 Å². The van der Waals surface area contributed by atoms with Crippen molar-refractivity contribution in [2.45, 2.75) is 39.2 Å². The van der Waals surface area contributed by atoms with Gasteiger partial charge in [0.15, 0.2) is 0 Å². The molecule has 0 fully saturated rings. The largest absolute Gasteiger partial charge is 0.313 e. The summed E-state index contributed by atoms with van der Waals surface area (Å²) >= 11 is 0. The average Bonchev–Trinajstić information content (AvgIpc) is 1.97. The number of rotatable bonds is 7. The van der Waals surface area contributed by atoms with Gasteiger partial charge in [-0.15, -0.1) is 0 Å². The predicted octanol–water partition coefficient (Wildman–Crippen LogP) is 1.72. The second-order valence-corrected chi connectivity index (χ2v) is 3.82. The van der Waals surface area contributed by atoms with E-state index in [1.54, 1.807) is 0 Å². The minimum Gasteiger partial charge on any atom is -0.313 e. The molecule has 0 amide bonds. The third kappa shape index (κ3) is 8.02. The fraction of sp³-hybridized carbons (Fsp3) is 1.00. The summed E-state index contributed by atoms with van der Waals surface area (Å²) in [6.45, 7) is 6.78.